The Hall–Kier alpha value is -2.53. The number of amides is 2. The zero-order valence-electron chi connectivity index (χ0n) is 14.4. The third-order valence-corrected chi connectivity index (χ3v) is 4.05. The van der Waals surface area contributed by atoms with Gasteiger partial charge < -0.3 is 15.4 Å². The Morgan fingerprint density at radius 1 is 1.16 bits per heavy atom. The van der Waals surface area contributed by atoms with Crippen LogP contribution in [0.2, 0.25) is 5.02 Å². The molecule has 5 nitrogen and oxygen atoms in total. The van der Waals surface area contributed by atoms with Crippen molar-refractivity contribution in [3.8, 4) is 5.75 Å². The van der Waals surface area contributed by atoms with Gasteiger partial charge in [-0.3, -0.25) is 9.59 Å². The maximum Gasteiger partial charge on any atom is 0.261 e. The molecule has 25 heavy (non-hydrogen) atoms. The van der Waals surface area contributed by atoms with Crippen LogP contribution in [0.5, 0.6) is 5.75 Å². The van der Waals surface area contributed by atoms with Gasteiger partial charge in [-0.15, -0.1) is 0 Å². The van der Waals surface area contributed by atoms with Crippen LogP contribution in [0.4, 0.5) is 5.69 Å². The maximum absolute atomic E-state index is 12.1. The van der Waals surface area contributed by atoms with E-state index >= 15 is 0 Å². The predicted molar refractivity (Wildman–Crippen MR) is 99.1 cm³/mol. The van der Waals surface area contributed by atoms with E-state index in [1.54, 1.807) is 31.2 Å². The Kier molecular flexibility index (Phi) is 6.42. The number of aryl methyl sites for hydroxylation is 1. The van der Waals surface area contributed by atoms with Crippen LogP contribution in [-0.2, 0) is 9.59 Å². The van der Waals surface area contributed by atoms with Gasteiger partial charge in [-0.25, -0.2) is 0 Å². The second-order valence-electron chi connectivity index (χ2n) is 5.75. The molecular formula is C19H21ClN2O3. The first kappa shape index (κ1) is 18.8. The Morgan fingerprint density at radius 3 is 2.60 bits per heavy atom. The van der Waals surface area contributed by atoms with Crippen molar-refractivity contribution in [1.29, 1.82) is 0 Å². The highest BCUT2D eigenvalue weighted by Crippen LogP contribution is 2.22. The molecule has 0 saturated heterocycles. The van der Waals surface area contributed by atoms with Crippen LogP contribution in [0.25, 0.3) is 0 Å². The summed E-state index contributed by atoms with van der Waals surface area (Å²) in [5.74, 6) is -0.0809. The molecule has 2 aromatic rings. The first-order chi connectivity index (χ1) is 11.9. The molecule has 2 aromatic carbocycles. The number of hydrogen-bond donors (Lipinski definition) is 2. The summed E-state index contributed by atoms with van der Waals surface area (Å²) in [6, 6.07) is 12.7. The number of hydrogen-bond acceptors (Lipinski definition) is 3. The second kappa shape index (κ2) is 8.53. The number of rotatable bonds is 6. The molecule has 6 heteroatoms. The molecule has 0 aromatic heterocycles. The van der Waals surface area contributed by atoms with E-state index in [9.17, 15) is 9.59 Å². The summed E-state index contributed by atoms with van der Waals surface area (Å²) in [7, 11) is 0. The minimum absolute atomic E-state index is 0.147. The molecule has 1 unspecified atom stereocenters. The summed E-state index contributed by atoms with van der Waals surface area (Å²) in [4.78, 5) is 24.1. The van der Waals surface area contributed by atoms with E-state index < -0.39 is 6.10 Å². The largest absolute Gasteiger partial charge is 0.481 e. The van der Waals surface area contributed by atoms with E-state index in [-0.39, 0.29) is 18.4 Å². The van der Waals surface area contributed by atoms with Gasteiger partial charge in [0.2, 0.25) is 5.91 Å². The average molecular weight is 361 g/mol. The van der Waals surface area contributed by atoms with Crippen LogP contribution in [0.1, 0.15) is 18.1 Å². The van der Waals surface area contributed by atoms with Gasteiger partial charge in [0.05, 0.1) is 6.54 Å². The first-order valence-corrected chi connectivity index (χ1v) is 8.30. The van der Waals surface area contributed by atoms with Gasteiger partial charge in [-0.05, 0) is 56.2 Å². The SMILES string of the molecule is Cc1cccc(OC(C)C(=O)NCC(=O)Nc2cccc(Cl)c2C)c1. The molecule has 0 saturated carbocycles. The average Bonchev–Trinajstić information content (AvgIpc) is 2.57. The molecule has 0 heterocycles. The summed E-state index contributed by atoms with van der Waals surface area (Å²) < 4.78 is 5.58. The lowest BCUT2D eigenvalue weighted by Crippen LogP contribution is -2.40. The smallest absolute Gasteiger partial charge is 0.261 e. The summed E-state index contributed by atoms with van der Waals surface area (Å²) in [5.41, 5.74) is 2.44. The van der Waals surface area contributed by atoms with Gasteiger partial charge in [-0.2, -0.15) is 0 Å². The Morgan fingerprint density at radius 2 is 1.88 bits per heavy atom. The quantitative estimate of drug-likeness (QED) is 0.828. The molecule has 2 N–H and O–H groups in total. The minimum Gasteiger partial charge on any atom is -0.481 e. The molecule has 0 bridgehead atoms. The lowest BCUT2D eigenvalue weighted by molar-refractivity contribution is -0.129. The zero-order valence-corrected chi connectivity index (χ0v) is 15.2. The molecule has 0 aliphatic rings. The lowest BCUT2D eigenvalue weighted by atomic mass is 10.2. The van der Waals surface area contributed by atoms with Gasteiger partial charge in [-0.1, -0.05) is 29.8 Å². The van der Waals surface area contributed by atoms with Crippen molar-refractivity contribution in [2.45, 2.75) is 26.9 Å². The highest BCUT2D eigenvalue weighted by molar-refractivity contribution is 6.31. The normalized spacial score (nSPS) is 11.5. The van der Waals surface area contributed by atoms with E-state index in [1.165, 1.54) is 0 Å². The monoisotopic (exact) mass is 360 g/mol. The molecule has 2 amide bonds. The third-order valence-electron chi connectivity index (χ3n) is 3.64. The summed E-state index contributed by atoms with van der Waals surface area (Å²) in [6.07, 6.45) is -0.706. The Balaban J connectivity index is 1.84. The van der Waals surface area contributed by atoms with Crippen LogP contribution in [0, 0.1) is 13.8 Å². The number of anilines is 1. The summed E-state index contributed by atoms with van der Waals surface area (Å²) in [6.45, 7) is 5.25. The van der Waals surface area contributed by atoms with Gasteiger partial charge in [0.25, 0.3) is 5.91 Å². The van der Waals surface area contributed by atoms with Crippen molar-refractivity contribution in [2.75, 3.05) is 11.9 Å². The minimum atomic E-state index is -0.706. The second-order valence-corrected chi connectivity index (χ2v) is 6.16. The fourth-order valence-electron chi connectivity index (χ4n) is 2.19. The topological polar surface area (TPSA) is 67.4 Å². The van der Waals surface area contributed by atoms with E-state index in [4.69, 9.17) is 16.3 Å². The van der Waals surface area contributed by atoms with Crippen LogP contribution >= 0.6 is 11.6 Å². The molecule has 2 rings (SSSR count). The molecule has 0 fully saturated rings. The van der Waals surface area contributed by atoms with E-state index in [0.717, 1.165) is 11.1 Å². The number of nitrogens with one attached hydrogen (secondary N) is 2. The van der Waals surface area contributed by atoms with Crippen LogP contribution in [-0.4, -0.2) is 24.5 Å². The van der Waals surface area contributed by atoms with Crippen molar-refractivity contribution >= 4 is 29.1 Å². The number of ether oxygens (including phenoxy) is 1. The van der Waals surface area contributed by atoms with Gasteiger partial charge in [0, 0.05) is 10.7 Å². The van der Waals surface area contributed by atoms with E-state index in [2.05, 4.69) is 10.6 Å². The highest BCUT2D eigenvalue weighted by atomic mass is 35.5. The lowest BCUT2D eigenvalue weighted by Gasteiger charge is -2.15. The zero-order chi connectivity index (χ0) is 18.4. The van der Waals surface area contributed by atoms with Gasteiger partial charge in [0.15, 0.2) is 6.10 Å². The molecule has 0 aliphatic carbocycles. The molecule has 0 radical (unpaired) electrons. The third kappa shape index (κ3) is 5.50. The summed E-state index contributed by atoms with van der Waals surface area (Å²) in [5, 5.41) is 5.86. The summed E-state index contributed by atoms with van der Waals surface area (Å²) >= 11 is 6.02. The highest BCUT2D eigenvalue weighted by Gasteiger charge is 2.16. The van der Waals surface area contributed by atoms with Crippen molar-refractivity contribution in [3.05, 3.63) is 58.6 Å². The standard InChI is InChI=1S/C19H21ClN2O3/c1-12-6-4-7-15(10-12)25-14(3)19(24)21-11-18(23)22-17-9-5-8-16(20)13(17)2/h4-10,14H,11H2,1-3H3,(H,21,24)(H,22,23). The van der Waals surface area contributed by atoms with Crippen molar-refractivity contribution in [1.82, 2.24) is 5.32 Å². The first-order valence-electron chi connectivity index (χ1n) is 7.93. The molecule has 0 aliphatic heterocycles. The Labute approximate surface area is 152 Å². The van der Waals surface area contributed by atoms with Gasteiger partial charge in [0.1, 0.15) is 5.75 Å². The molecule has 1 atom stereocenters. The van der Waals surface area contributed by atoms with Crippen LogP contribution in [0.3, 0.4) is 0 Å². The van der Waals surface area contributed by atoms with E-state index in [1.807, 2.05) is 32.0 Å². The number of benzene rings is 2. The van der Waals surface area contributed by atoms with Crippen LogP contribution < -0.4 is 15.4 Å². The molecule has 132 valence electrons. The maximum atomic E-state index is 12.1. The number of carbonyl (C=O) groups excluding carboxylic acids is 2. The van der Waals surface area contributed by atoms with Gasteiger partial charge >= 0.3 is 0 Å². The van der Waals surface area contributed by atoms with Crippen molar-refractivity contribution < 1.29 is 14.3 Å². The fraction of sp³-hybridized carbons (Fsp3) is 0.263. The number of carbonyl (C=O) groups is 2. The van der Waals surface area contributed by atoms with Crippen molar-refractivity contribution in [3.63, 3.8) is 0 Å². The van der Waals surface area contributed by atoms with Crippen molar-refractivity contribution in [2.24, 2.45) is 0 Å². The fourth-order valence-corrected chi connectivity index (χ4v) is 2.37. The Bertz CT molecular complexity index is 777. The van der Waals surface area contributed by atoms with Crippen LogP contribution in [0.15, 0.2) is 42.5 Å². The molecule has 0 spiro atoms. The van der Waals surface area contributed by atoms with E-state index in [0.29, 0.717) is 16.5 Å². The molecular weight excluding hydrogens is 340 g/mol. The predicted octanol–water partition coefficient (Wildman–Crippen LogP) is 3.48. The number of halogens is 1.